The minimum atomic E-state index is 0.754. The molecule has 0 unspecified atom stereocenters. The van der Waals surface area contributed by atoms with Crippen molar-refractivity contribution in [3.05, 3.63) is 65.1 Å². The van der Waals surface area contributed by atoms with Crippen LogP contribution in [0.1, 0.15) is 18.1 Å². The van der Waals surface area contributed by atoms with Gasteiger partial charge in [0.25, 0.3) is 0 Å². The maximum absolute atomic E-state index is 6.26. The monoisotopic (exact) mass is 283 g/mol. The summed E-state index contributed by atoms with van der Waals surface area (Å²) in [6.45, 7) is 3.12. The van der Waals surface area contributed by atoms with E-state index in [1.54, 1.807) is 0 Å². The quantitative estimate of drug-likeness (QED) is 0.692. The molecule has 2 aromatic heterocycles. The van der Waals surface area contributed by atoms with Crippen LogP contribution >= 0.6 is 11.6 Å². The zero-order chi connectivity index (χ0) is 13.9. The highest BCUT2D eigenvalue weighted by atomic mass is 35.5. The van der Waals surface area contributed by atoms with Crippen LogP contribution in [0.25, 0.3) is 23.1 Å². The minimum absolute atomic E-state index is 0.754. The summed E-state index contributed by atoms with van der Waals surface area (Å²) in [5, 5.41) is 1.89. The lowest BCUT2D eigenvalue weighted by atomic mass is 10.1. The number of rotatable bonds is 3. The van der Waals surface area contributed by atoms with E-state index in [9.17, 15) is 0 Å². The zero-order valence-electron chi connectivity index (χ0n) is 11.3. The molecule has 0 spiro atoms. The summed E-state index contributed by atoms with van der Waals surface area (Å²) in [5.41, 5.74) is 3.28. The van der Waals surface area contributed by atoms with Crippen LogP contribution in [-0.2, 0) is 6.54 Å². The molecule has 100 valence electrons. The molecule has 0 atom stereocenters. The normalized spacial score (nSPS) is 11.5. The van der Waals surface area contributed by atoms with Crippen molar-refractivity contribution in [2.45, 2.75) is 13.5 Å². The molecule has 2 heterocycles. The van der Waals surface area contributed by atoms with E-state index in [2.05, 4.69) is 59.2 Å². The van der Waals surface area contributed by atoms with Crippen LogP contribution in [0.2, 0.25) is 5.02 Å². The average molecular weight is 284 g/mol. The van der Waals surface area contributed by atoms with Crippen LogP contribution in [0.3, 0.4) is 0 Å². The molecule has 1 aromatic carbocycles. The van der Waals surface area contributed by atoms with Crippen LogP contribution in [-0.4, -0.2) is 4.98 Å². The highest BCUT2D eigenvalue weighted by Gasteiger charge is 2.01. The highest BCUT2D eigenvalue weighted by Crippen LogP contribution is 2.25. The second kappa shape index (κ2) is 5.51. The summed E-state index contributed by atoms with van der Waals surface area (Å²) in [7, 11) is 0. The number of nitrogens with zero attached hydrogens (tertiary/aromatic N) is 1. The Morgan fingerprint density at radius 1 is 1.10 bits per heavy atom. The Morgan fingerprint density at radius 3 is 2.60 bits per heavy atom. The number of H-pyrrole nitrogens is 1. The molecule has 3 rings (SSSR count). The summed E-state index contributed by atoms with van der Waals surface area (Å²) in [6.07, 6.45) is 10.3. The van der Waals surface area contributed by atoms with Gasteiger partial charge in [0.15, 0.2) is 12.4 Å². The van der Waals surface area contributed by atoms with E-state index in [1.807, 2.05) is 18.3 Å². The van der Waals surface area contributed by atoms with Gasteiger partial charge in [-0.1, -0.05) is 23.8 Å². The van der Waals surface area contributed by atoms with Crippen LogP contribution in [0, 0.1) is 0 Å². The van der Waals surface area contributed by atoms with Gasteiger partial charge in [-0.3, -0.25) is 0 Å². The Kier molecular flexibility index (Phi) is 3.57. The molecule has 0 saturated heterocycles. The standard InChI is InChI=1S/C17H15ClN2/c1-2-20-9-6-13(7-10-20)3-4-14-11-15-5-8-19-17(15)16(18)12-14/h3-12H,2H2,1H3/p+1. The molecule has 3 aromatic rings. The maximum atomic E-state index is 6.26. The van der Waals surface area contributed by atoms with Crippen molar-refractivity contribution in [2.24, 2.45) is 0 Å². The molecule has 0 fully saturated rings. The van der Waals surface area contributed by atoms with Crippen molar-refractivity contribution in [1.29, 1.82) is 0 Å². The predicted molar refractivity (Wildman–Crippen MR) is 84.5 cm³/mol. The largest absolute Gasteiger partial charge is 0.360 e. The number of aryl methyl sites for hydroxylation is 1. The van der Waals surface area contributed by atoms with E-state index in [0.717, 1.165) is 28.0 Å². The minimum Gasteiger partial charge on any atom is -0.360 e. The number of aromatic amines is 1. The first-order valence-corrected chi connectivity index (χ1v) is 7.08. The van der Waals surface area contributed by atoms with Gasteiger partial charge >= 0.3 is 0 Å². The Labute approximate surface area is 123 Å². The number of pyridine rings is 1. The van der Waals surface area contributed by atoms with Crippen LogP contribution in [0.5, 0.6) is 0 Å². The first kappa shape index (κ1) is 12.9. The SMILES string of the molecule is CC[n+]1ccc(C=Cc2cc(Cl)c3[nH]ccc3c2)cc1. The molecule has 0 radical (unpaired) electrons. The van der Waals surface area contributed by atoms with Crippen molar-refractivity contribution in [2.75, 3.05) is 0 Å². The topological polar surface area (TPSA) is 19.7 Å². The fourth-order valence-corrected chi connectivity index (χ4v) is 2.52. The lowest BCUT2D eigenvalue weighted by Crippen LogP contribution is -2.30. The molecule has 0 aliphatic heterocycles. The molecule has 3 heteroatoms. The van der Waals surface area contributed by atoms with E-state index in [1.165, 1.54) is 5.56 Å². The van der Waals surface area contributed by atoms with Gasteiger partial charge in [-0.05, 0) is 36.2 Å². The van der Waals surface area contributed by atoms with E-state index in [-0.39, 0.29) is 0 Å². The Hall–Kier alpha value is -2.06. The van der Waals surface area contributed by atoms with Gasteiger partial charge in [-0.15, -0.1) is 0 Å². The smallest absolute Gasteiger partial charge is 0.169 e. The third kappa shape index (κ3) is 2.61. The number of benzene rings is 1. The second-order valence-corrected chi connectivity index (χ2v) is 5.15. The Bertz CT molecular complexity index is 754. The van der Waals surface area contributed by atoms with Crippen molar-refractivity contribution in [3.8, 4) is 0 Å². The first-order chi connectivity index (χ1) is 9.76. The fraction of sp³-hybridized carbons (Fsp3) is 0.118. The molecule has 0 aliphatic carbocycles. The van der Waals surface area contributed by atoms with Crippen LogP contribution in [0.15, 0.2) is 48.9 Å². The van der Waals surface area contributed by atoms with Gasteiger partial charge in [0.05, 0.1) is 10.5 Å². The molecular formula is C17H16ClN2+. The number of nitrogens with one attached hydrogen (secondary N) is 1. The lowest BCUT2D eigenvalue weighted by Gasteiger charge is -1.98. The zero-order valence-corrected chi connectivity index (χ0v) is 12.1. The van der Waals surface area contributed by atoms with Crippen LogP contribution < -0.4 is 4.57 Å². The highest BCUT2D eigenvalue weighted by molar-refractivity contribution is 6.35. The average Bonchev–Trinajstić information content (AvgIpc) is 2.94. The fourth-order valence-electron chi connectivity index (χ4n) is 2.23. The molecule has 0 bridgehead atoms. The number of fused-ring (bicyclic) bond motifs is 1. The van der Waals surface area contributed by atoms with Crippen molar-refractivity contribution < 1.29 is 4.57 Å². The summed E-state index contributed by atoms with van der Waals surface area (Å²) >= 11 is 6.26. The summed E-state index contributed by atoms with van der Waals surface area (Å²) < 4.78 is 2.14. The van der Waals surface area contributed by atoms with E-state index >= 15 is 0 Å². The van der Waals surface area contributed by atoms with Crippen molar-refractivity contribution >= 4 is 34.7 Å². The van der Waals surface area contributed by atoms with Gasteiger partial charge in [0, 0.05) is 23.7 Å². The van der Waals surface area contributed by atoms with Crippen LogP contribution in [0.4, 0.5) is 0 Å². The van der Waals surface area contributed by atoms with Gasteiger partial charge in [0.2, 0.25) is 0 Å². The summed E-state index contributed by atoms with van der Waals surface area (Å²) in [6, 6.07) is 10.4. The number of hydrogen-bond acceptors (Lipinski definition) is 0. The maximum Gasteiger partial charge on any atom is 0.169 e. The van der Waals surface area contributed by atoms with Gasteiger partial charge in [-0.2, -0.15) is 0 Å². The third-order valence-corrected chi connectivity index (χ3v) is 3.68. The van der Waals surface area contributed by atoms with Gasteiger partial charge < -0.3 is 4.98 Å². The Balaban J connectivity index is 1.89. The number of hydrogen-bond donors (Lipinski definition) is 1. The third-order valence-electron chi connectivity index (χ3n) is 3.38. The molecule has 0 saturated carbocycles. The first-order valence-electron chi connectivity index (χ1n) is 6.70. The molecule has 2 nitrogen and oxygen atoms in total. The van der Waals surface area contributed by atoms with Gasteiger partial charge in [0.1, 0.15) is 6.54 Å². The summed E-state index contributed by atoms with van der Waals surface area (Å²) in [5.74, 6) is 0. The number of aromatic nitrogens is 2. The lowest BCUT2D eigenvalue weighted by molar-refractivity contribution is -0.693. The second-order valence-electron chi connectivity index (χ2n) is 4.74. The predicted octanol–water partition coefficient (Wildman–Crippen LogP) is 4.30. The van der Waals surface area contributed by atoms with E-state index < -0.39 is 0 Å². The molecule has 0 aliphatic rings. The molecule has 0 amide bonds. The van der Waals surface area contributed by atoms with E-state index in [4.69, 9.17) is 11.6 Å². The molecular weight excluding hydrogens is 268 g/mol. The summed E-state index contributed by atoms with van der Waals surface area (Å²) in [4.78, 5) is 3.14. The molecule has 20 heavy (non-hydrogen) atoms. The van der Waals surface area contributed by atoms with Crippen molar-refractivity contribution in [3.63, 3.8) is 0 Å². The van der Waals surface area contributed by atoms with Crippen molar-refractivity contribution in [1.82, 2.24) is 4.98 Å². The van der Waals surface area contributed by atoms with E-state index in [0.29, 0.717) is 0 Å². The molecule has 1 N–H and O–H groups in total. The Morgan fingerprint density at radius 2 is 1.85 bits per heavy atom. The van der Waals surface area contributed by atoms with Gasteiger partial charge in [-0.25, -0.2) is 4.57 Å². The number of halogens is 1.